The Morgan fingerprint density at radius 3 is 2.93 bits per heavy atom. The summed E-state index contributed by atoms with van der Waals surface area (Å²) in [6.07, 6.45) is 7.71. The molecule has 7 heteroatoms. The van der Waals surface area contributed by atoms with Gasteiger partial charge < -0.3 is 19.6 Å². The number of aliphatic hydroxyl groups is 1. The van der Waals surface area contributed by atoms with Crippen LogP contribution in [0, 0.1) is 0 Å². The van der Waals surface area contributed by atoms with Gasteiger partial charge in [0.2, 0.25) is 0 Å². The fraction of sp³-hybridized carbons (Fsp3) is 0.190. The van der Waals surface area contributed by atoms with Crippen molar-refractivity contribution in [2.24, 2.45) is 0 Å². The molecule has 0 saturated carbocycles. The van der Waals surface area contributed by atoms with Gasteiger partial charge >= 0.3 is 0 Å². The van der Waals surface area contributed by atoms with Gasteiger partial charge in [0.1, 0.15) is 5.65 Å². The van der Waals surface area contributed by atoms with E-state index in [-0.39, 0.29) is 5.91 Å². The van der Waals surface area contributed by atoms with Crippen LogP contribution >= 0.6 is 0 Å². The zero-order chi connectivity index (χ0) is 19.3. The van der Waals surface area contributed by atoms with Crippen molar-refractivity contribution < 1.29 is 9.90 Å². The number of likely N-dealkylation sites (N-methyl/N-ethyl adjacent to an activating group) is 1. The molecule has 3 aromatic heterocycles. The molecule has 0 spiro atoms. The number of hydrogen-bond acceptors (Lipinski definition) is 4. The van der Waals surface area contributed by atoms with Crippen LogP contribution in [0.4, 0.5) is 0 Å². The molecule has 4 aromatic rings. The summed E-state index contributed by atoms with van der Waals surface area (Å²) in [5.74, 6) is -0.262. The Hall–Kier alpha value is -3.45. The third kappa shape index (κ3) is 2.44. The second kappa shape index (κ2) is 6.03. The average Bonchev–Trinajstić information content (AvgIpc) is 3.43. The van der Waals surface area contributed by atoms with E-state index >= 15 is 0 Å². The number of fused-ring (bicyclic) bond motifs is 1. The molecule has 0 aliphatic carbocycles. The number of nitrogens with one attached hydrogen (secondary N) is 1. The predicted molar refractivity (Wildman–Crippen MR) is 105 cm³/mol. The van der Waals surface area contributed by atoms with Crippen LogP contribution in [0.1, 0.15) is 12.0 Å². The number of hydrogen-bond donors (Lipinski definition) is 2. The average molecular weight is 373 g/mol. The first kappa shape index (κ1) is 16.7. The Morgan fingerprint density at radius 1 is 1.21 bits per heavy atom. The molecule has 28 heavy (non-hydrogen) atoms. The third-order valence-corrected chi connectivity index (χ3v) is 5.44. The number of carbonyl (C=O) groups excluding carboxylic acids is 1. The van der Waals surface area contributed by atoms with E-state index in [0.29, 0.717) is 18.5 Å². The molecule has 4 heterocycles. The lowest BCUT2D eigenvalue weighted by atomic mass is 9.92. The van der Waals surface area contributed by atoms with Crippen LogP contribution in [0.2, 0.25) is 0 Å². The summed E-state index contributed by atoms with van der Waals surface area (Å²) in [5, 5.41) is 11.9. The summed E-state index contributed by atoms with van der Waals surface area (Å²) in [4.78, 5) is 26.0. The maximum atomic E-state index is 12.4. The number of carbonyl (C=O) groups is 1. The second-order valence-corrected chi connectivity index (χ2v) is 7.16. The van der Waals surface area contributed by atoms with Gasteiger partial charge in [0, 0.05) is 55.2 Å². The number of pyridine rings is 1. The molecule has 140 valence electrons. The number of H-pyrrole nitrogens is 1. The van der Waals surface area contributed by atoms with E-state index in [9.17, 15) is 9.90 Å². The minimum absolute atomic E-state index is 0.262. The Kier molecular flexibility index (Phi) is 3.60. The first-order valence-electron chi connectivity index (χ1n) is 9.11. The predicted octanol–water partition coefficient (Wildman–Crippen LogP) is 2.47. The maximum Gasteiger partial charge on any atom is 0.258 e. The molecule has 0 bridgehead atoms. The number of imidazole rings is 1. The zero-order valence-electron chi connectivity index (χ0n) is 15.3. The number of amides is 1. The van der Waals surface area contributed by atoms with Gasteiger partial charge in [-0.3, -0.25) is 4.79 Å². The standard InChI is InChI=1S/C21H19N5O2/c1-25-9-7-21(28,20(25)27)14-4-2-5-15(10-14)26-12-18(24-13-26)17-11-23-19-16(17)6-3-8-22-19/h2-6,8,10-13,28H,7,9H2,1H3,(H,22,23)/t21-/m1/s1. The van der Waals surface area contributed by atoms with Crippen molar-refractivity contribution >= 4 is 16.9 Å². The minimum Gasteiger partial charge on any atom is -0.375 e. The maximum absolute atomic E-state index is 12.4. The fourth-order valence-electron chi connectivity index (χ4n) is 3.82. The lowest BCUT2D eigenvalue weighted by Gasteiger charge is -2.21. The molecule has 2 N–H and O–H groups in total. The number of likely N-dealkylation sites (tertiary alicyclic amines) is 1. The Balaban J connectivity index is 1.52. The number of benzene rings is 1. The smallest absolute Gasteiger partial charge is 0.258 e. The molecule has 1 amide bonds. The SMILES string of the molecule is CN1CC[C@@](O)(c2cccc(-n3cnc(-c4c[nH]c5ncccc45)c3)c2)C1=O. The summed E-state index contributed by atoms with van der Waals surface area (Å²) < 4.78 is 1.89. The molecule has 1 fully saturated rings. The summed E-state index contributed by atoms with van der Waals surface area (Å²) in [5.41, 5.74) is 2.59. The Labute approximate surface area is 161 Å². The molecule has 1 saturated heterocycles. The highest BCUT2D eigenvalue weighted by Gasteiger charge is 2.45. The van der Waals surface area contributed by atoms with Crippen molar-refractivity contribution in [2.75, 3.05) is 13.6 Å². The molecule has 0 unspecified atom stereocenters. The highest BCUT2D eigenvalue weighted by Crippen LogP contribution is 2.34. The topological polar surface area (TPSA) is 87.0 Å². The Morgan fingerprint density at radius 2 is 2.11 bits per heavy atom. The van der Waals surface area contributed by atoms with Gasteiger partial charge in [-0.1, -0.05) is 12.1 Å². The molecule has 1 atom stereocenters. The molecule has 1 aliphatic heterocycles. The van der Waals surface area contributed by atoms with E-state index in [4.69, 9.17) is 0 Å². The second-order valence-electron chi connectivity index (χ2n) is 7.16. The van der Waals surface area contributed by atoms with E-state index in [0.717, 1.165) is 28.0 Å². The largest absolute Gasteiger partial charge is 0.375 e. The summed E-state index contributed by atoms with van der Waals surface area (Å²) in [6, 6.07) is 11.3. The van der Waals surface area contributed by atoms with Crippen LogP contribution < -0.4 is 0 Å². The van der Waals surface area contributed by atoms with E-state index in [1.165, 1.54) is 0 Å². The van der Waals surface area contributed by atoms with Crippen molar-refractivity contribution in [3.63, 3.8) is 0 Å². The van der Waals surface area contributed by atoms with Gasteiger partial charge in [0.05, 0.1) is 12.0 Å². The molecule has 0 radical (unpaired) electrons. The first-order chi connectivity index (χ1) is 13.6. The van der Waals surface area contributed by atoms with E-state index in [1.807, 2.05) is 47.3 Å². The first-order valence-corrected chi connectivity index (χ1v) is 9.11. The van der Waals surface area contributed by atoms with Crippen molar-refractivity contribution in [3.05, 3.63) is 66.9 Å². The van der Waals surface area contributed by atoms with Gasteiger partial charge in [-0.2, -0.15) is 0 Å². The van der Waals surface area contributed by atoms with Crippen LogP contribution in [0.5, 0.6) is 0 Å². The quantitative estimate of drug-likeness (QED) is 0.578. The van der Waals surface area contributed by atoms with Crippen molar-refractivity contribution in [1.29, 1.82) is 0 Å². The van der Waals surface area contributed by atoms with Crippen molar-refractivity contribution in [1.82, 2.24) is 24.4 Å². The van der Waals surface area contributed by atoms with Crippen LogP contribution in [0.15, 0.2) is 61.3 Å². The van der Waals surface area contributed by atoms with E-state index < -0.39 is 5.60 Å². The van der Waals surface area contributed by atoms with Crippen LogP contribution in [0.3, 0.4) is 0 Å². The van der Waals surface area contributed by atoms with Gasteiger partial charge in [-0.25, -0.2) is 9.97 Å². The lowest BCUT2D eigenvalue weighted by Crippen LogP contribution is -2.36. The van der Waals surface area contributed by atoms with Gasteiger partial charge in [-0.05, 0) is 29.8 Å². The fourth-order valence-corrected chi connectivity index (χ4v) is 3.82. The number of aromatic amines is 1. The molecule has 1 aromatic carbocycles. The van der Waals surface area contributed by atoms with Gasteiger partial charge in [0.25, 0.3) is 5.91 Å². The molecular weight excluding hydrogens is 354 g/mol. The van der Waals surface area contributed by atoms with Crippen LogP contribution in [-0.4, -0.2) is 49.0 Å². The Bertz CT molecular complexity index is 1190. The van der Waals surface area contributed by atoms with Gasteiger partial charge in [-0.15, -0.1) is 0 Å². The molecule has 7 nitrogen and oxygen atoms in total. The van der Waals surface area contributed by atoms with Crippen molar-refractivity contribution in [2.45, 2.75) is 12.0 Å². The highest BCUT2D eigenvalue weighted by atomic mass is 16.3. The molecule has 1 aliphatic rings. The number of rotatable bonds is 3. The lowest BCUT2D eigenvalue weighted by molar-refractivity contribution is -0.143. The van der Waals surface area contributed by atoms with Crippen LogP contribution in [-0.2, 0) is 10.4 Å². The molecular formula is C21H19N5O2. The highest BCUT2D eigenvalue weighted by molar-refractivity contribution is 5.92. The number of aromatic nitrogens is 4. The van der Waals surface area contributed by atoms with Crippen LogP contribution in [0.25, 0.3) is 28.0 Å². The van der Waals surface area contributed by atoms with Crippen molar-refractivity contribution in [3.8, 4) is 16.9 Å². The molecule has 5 rings (SSSR count). The summed E-state index contributed by atoms with van der Waals surface area (Å²) in [7, 11) is 1.71. The number of nitrogens with zero attached hydrogens (tertiary/aromatic N) is 4. The van der Waals surface area contributed by atoms with Gasteiger partial charge in [0.15, 0.2) is 5.60 Å². The third-order valence-electron chi connectivity index (χ3n) is 5.44. The monoisotopic (exact) mass is 373 g/mol. The zero-order valence-corrected chi connectivity index (χ0v) is 15.3. The summed E-state index contributed by atoms with van der Waals surface area (Å²) in [6.45, 7) is 0.545. The summed E-state index contributed by atoms with van der Waals surface area (Å²) >= 11 is 0. The minimum atomic E-state index is -1.46. The normalized spacial score (nSPS) is 19.6. The van der Waals surface area contributed by atoms with E-state index in [2.05, 4.69) is 15.0 Å². The van der Waals surface area contributed by atoms with E-state index in [1.54, 1.807) is 30.5 Å².